The lowest BCUT2D eigenvalue weighted by Gasteiger charge is -2.23. The third kappa shape index (κ3) is 3.62. The van der Waals surface area contributed by atoms with Gasteiger partial charge in [-0.2, -0.15) is 0 Å². The van der Waals surface area contributed by atoms with Crippen LogP contribution >= 0.6 is 0 Å². The van der Waals surface area contributed by atoms with Crippen molar-refractivity contribution in [1.82, 2.24) is 15.3 Å². The molecule has 1 N–H and O–H groups in total. The van der Waals surface area contributed by atoms with Crippen molar-refractivity contribution in [2.24, 2.45) is 5.92 Å². The molecule has 1 aromatic heterocycles. The van der Waals surface area contributed by atoms with Gasteiger partial charge < -0.3 is 10.2 Å². The fourth-order valence-corrected chi connectivity index (χ4v) is 2.10. The van der Waals surface area contributed by atoms with Crippen LogP contribution in [-0.4, -0.2) is 34.5 Å². The molecule has 1 unspecified atom stereocenters. The Hall–Kier alpha value is -1.72. The van der Waals surface area contributed by atoms with Gasteiger partial charge in [-0.1, -0.05) is 0 Å². The van der Waals surface area contributed by atoms with E-state index in [4.69, 9.17) is 0 Å². The van der Waals surface area contributed by atoms with Crippen molar-refractivity contribution in [3.05, 3.63) is 18.2 Å². The maximum Gasteiger partial charge on any atom is 0.225 e. The average Bonchev–Trinajstić information content (AvgIpc) is 2.77. The molecule has 0 aliphatic carbocycles. The van der Waals surface area contributed by atoms with Crippen LogP contribution in [0.3, 0.4) is 0 Å². The van der Waals surface area contributed by atoms with Crippen LogP contribution in [0, 0.1) is 11.7 Å². The quantitative estimate of drug-likeness (QED) is 0.878. The number of nitrogens with one attached hydrogen (secondary N) is 1. The highest BCUT2D eigenvalue weighted by Gasteiger charge is 2.31. The predicted molar refractivity (Wildman–Crippen MR) is 70.2 cm³/mol. The first-order chi connectivity index (χ1) is 8.85. The van der Waals surface area contributed by atoms with Crippen molar-refractivity contribution in [2.45, 2.75) is 32.7 Å². The second-order valence-electron chi connectivity index (χ2n) is 5.87. The van der Waals surface area contributed by atoms with E-state index in [-0.39, 0.29) is 17.4 Å². The van der Waals surface area contributed by atoms with Gasteiger partial charge in [0, 0.05) is 18.6 Å². The highest BCUT2D eigenvalue weighted by Crippen LogP contribution is 2.21. The smallest absolute Gasteiger partial charge is 0.225 e. The summed E-state index contributed by atoms with van der Waals surface area (Å²) in [6, 6.07) is 0. The van der Waals surface area contributed by atoms with Gasteiger partial charge in [0.15, 0.2) is 5.82 Å². The summed E-state index contributed by atoms with van der Waals surface area (Å²) in [5.41, 5.74) is -0.225. The molecule has 104 valence electrons. The molecule has 1 aliphatic heterocycles. The molecule has 5 nitrogen and oxygen atoms in total. The normalized spacial score (nSPS) is 19.6. The number of hydrogen-bond donors (Lipinski definition) is 1. The minimum atomic E-state index is -0.454. The molecule has 1 saturated heterocycles. The molecule has 19 heavy (non-hydrogen) atoms. The van der Waals surface area contributed by atoms with Crippen LogP contribution in [0.5, 0.6) is 0 Å². The standard InChI is InChI=1S/C13H19FN4O/c1-13(2,3)17-11(19)9-4-5-18(8-9)12-15-6-10(14)7-16-12/h6-7,9H,4-5,8H2,1-3H3,(H,17,19). The zero-order valence-corrected chi connectivity index (χ0v) is 11.5. The van der Waals surface area contributed by atoms with Crippen molar-refractivity contribution >= 4 is 11.9 Å². The Morgan fingerprint density at radius 2 is 2.05 bits per heavy atom. The Kier molecular flexibility index (Phi) is 3.68. The minimum Gasteiger partial charge on any atom is -0.351 e. The van der Waals surface area contributed by atoms with Crippen LogP contribution in [0.1, 0.15) is 27.2 Å². The number of amides is 1. The van der Waals surface area contributed by atoms with Gasteiger partial charge in [-0.05, 0) is 27.2 Å². The average molecular weight is 266 g/mol. The van der Waals surface area contributed by atoms with E-state index in [9.17, 15) is 9.18 Å². The van der Waals surface area contributed by atoms with Gasteiger partial charge in [-0.15, -0.1) is 0 Å². The summed E-state index contributed by atoms with van der Waals surface area (Å²) in [6.07, 6.45) is 3.05. The van der Waals surface area contributed by atoms with Crippen molar-refractivity contribution in [1.29, 1.82) is 0 Å². The molecule has 1 fully saturated rings. The van der Waals surface area contributed by atoms with Gasteiger partial charge in [0.05, 0.1) is 18.3 Å². The summed E-state index contributed by atoms with van der Waals surface area (Å²) < 4.78 is 12.8. The van der Waals surface area contributed by atoms with Crippen LogP contribution in [-0.2, 0) is 4.79 Å². The second kappa shape index (κ2) is 5.11. The monoisotopic (exact) mass is 266 g/mol. The van der Waals surface area contributed by atoms with Crippen molar-refractivity contribution in [3.8, 4) is 0 Å². The van der Waals surface area contributed by atoms with Crippen LogP contribution in [0.4, 0.5) is 10.3 Å². The number of aromatic nitrogens is 2. The lowest BCUT2D eigenvalue weighted by Crippen LogP contribution is -2.44. The minimum absolute atomic E-state index is 0.0529. The SMILES string of the molecule is CC(C)(C)NC(=O)C1CCN(c2ncc(F)cn2)C1. The maximum absolute atomic E-state index is 12.8. The molecule has 0 aromatic carbocycles. The van der Waals surface area contributed by atoms with E-state index in [1.54, 1.807) is 0 Å². The van der Waals surface area contributed by atoms with Gasteiger partial charge in [-0.3, -0.25) is 4.79 Å². The zero-order valence-electron chi connectivity index (χ0n) is 11.5. The first-order valence-electron chi connectivity index (χ1n) is 6.40. The fraction of sp³-hybridized carbons (Fsp3) is 0.615. The molecule has 0 spiro atoms. The number of nitrogens with zero attached hydrogens (tertiary/aromatic N) is 3. The van der Waals surface area contributed by atoms with E-state index in [0.29, 0.717) is 19.0 Å². The van der Waals surface area contributed by atoms with Crippen LogP contribution in [0.15, 0.2) is 12.4 Å². The summed E-state index contributed by atoms with van der Waals surface area (Å²) >= 11 is 0. The fourth-order valence-electron chi connectivity index (χ4n) is 2.10. The molecule has 0 radical (unpaired) electrons. The van der Waals surface area contributed by atoms with Crippen molar-refractivity contribution in [2.75, 3.05) is 18.0 Å². The Morgan fingerprint density at radius 1 is 1.42 bits per heavy atom. The third-order valence-electron chi connectivity index (χ3n) is 2.95. The van der Waals surface area contributed by atoms with E-state index in [2.05, 4.69) is 15.3 Å². The largest absolute Gasteiger partial charge is 0.351 e. The van der Waals surface area contributed by atoms with E-state index in [1.807, 2.05) is 25.7 Å². The predicted octanol–water partition coefficient (Wildman–Crippen LogP) is 1.36. The molecule has 1 aromatic rings. The number of anilines is 1. The first-order valence-corrected chi connectivity index (χ1v) is 6.40. The first kappa shape index (κ1) is 13.7. The van der Waals surface area contributed by atoms with Crippen LogP contribution in [0.25, 0.3) is 0 Å². The lowest BCUT2D eigenvalue weighted by molar-refractivity contribution is -0.125. The molecule has 0 saturated carbocycles. The van der Waals surface area contributed by atoms with E-state index in [1.165, 1.54) is 0 Å². The van der Waals surface area contributed by atoms with Crippen LogP contribution < -0.4 is 10.2 Å². The Bertz CT molecular complexity index is 455. The number of carbonyl (C=O) groups excluding carboxylic acids is 1. The molecule has 0 bridgehead atoms. The Labute approximate surface area is 112 Å². The van der Waals surface area contributed by atoms with Gasteiger partial charge in [0.25, 0.3) is 0 Å². The highest BCUT2D eigenvalue weighted by atomic mass is 19.1. The molecule has 6 heteroatoms. The zero-order chi connectivity index (χ0) is 14.0. The van der Waals surface area contributed by atoms with Crippen molar-refractivity contribution in [3.63, 3.8) is 0 Å². The molecule has 1 atom stereocenters. The van der Waals surface area contributed by atoms with E-state index < -0.39 is 5.82 Å². The highest BCUT2D eigenvalue weighted by molar-refractivity contribution is 5.80. The van der Waals surface area contributed by atoms with Crippen LogP contribution in [0.2, 0.25) is 0 Å². The Morgan fingerprint density at radius 3 is 2.63 bits per heavy atom. The molecule has 1 aliphatic rings. The summed E-state index contributed by atoms with van der Waals surface area (Å²) in [6.45, 7) is 7.17. The third-order valence-corrected chi connectivity index (χ3v) is 2.95. The number of rotatable bonds is 2. The summed E-state index contributed by atoms with van der Waals surface area (Å²) in [5.74, 6) is 0.0161. The maximum atomic E-state index is 12.8. The molecule has 2 rings (SSSR count). The van der Waals surface area contributed by atoms with Gasteiger partial charge in [0.2, 0.25) is 11.9 Å². The van der Waals surface area contributed by atoms with Gasteiger partial charge >= 0.3 is 0 Å². The van der Waals surface area contributed by atoms with Gasteiger partial charge in [-0.25, -0.2) is 14.4 Å². The number of carbonyl (C=O) groups is 1. The summed E-state index contributed by atoms with van der Waals surface area (Å²) in [7, 11) is 0. The molecular formula is C13H19FN4O. The molecular weight excluding hydrogens is 247 g/mol. The lowest BCUT2D eigenvalue weighted by atomic mass is 10.0. The number of hydrogen-bond acceptors (Lipinski definition) is 4. The summed E-state index contributed by atoms with van der Waals surface area (Å²) in [5, 5.41) is 2.98. The number of halogens is 1. The topological polar surface area (TPSA) is 58.1 Å². The van der Waals surface area contributed by atoms with E-state index >= 15 is 0 Å². The molecule has 1 amide bonds. The van der Waals surface area contributed by atoms with E-state index in [0.717, 1.165) is 18.8 Å². The summed E-state index contributed by atoms with van der Waals surface area (Å²) in [4.78, 5) is 21.8. The Balaban J connectivity index is 1.96. The molecule has 2 heterocycles. The van der Waals surface area contributed by atoms with Crippen molar-refractivity contribution < 1.29 is 9.18 Å². The second-order valence-corrected chi connectivity index (χ2v) is 5.87. The van der Waals surface area contributed by atoms with Gasteiger partial charge in [0.1, 0.15) is 0 Å².